The molecule has 10 heteroatoms. The first-order valence-electron chi connectivity index (χ1n) is 4.81. The zero-order valence-electron chi connectivity index (χ0n) is 9.21. The highest BCUT2D eigenvalue weighted by molar-refractivity contribution is 6.10. The molecule has 1 aromatic rings. The molecule has 0 saturated heterocycles. The molecule has 0 aromatic carbocycles. The van der Waals surface area contributed by atoms with Gasteiger partial charge in [-0.25, -0.2) is 9.98 Å². The number of nitrogens with one attached hydrogen (secondary N) is 2. The molecule has 0 fully saturated rings. The van der Waals surface area contributed by atoms with Crippen molar-refractivity contribution in [2.45, 2.75) is 18.9 Å². The van der Waals surface area contributed by atoms with Crippen LogP contribution in [0.25, 0.3) is 0 Å². The highest BCUT2D eigenvalue weighted by atomic mass is 19.4. The number of nitrogens with two attached hydrogens (primary N) is 2. The van der Waals surface area contributed by atoms with E-state index in [2.05, 4.69) is 20.4 Å². The van der Waals surface area contributed by atoms with Gasteiger partial charge >= 0.3 is 6.18 Å². The normalized spacial score (nSPS) is 24.3. The van der Waals surface area contributed by atoms with E-state index in [1.54, 1.807) is 0 Å². The molecule has 98 valence electrons. The number of guanidine groups is 1. The lowest BCUT2D eigenvalue weighted by atomic mass is 10.2. The minimum atomic E-state index is -4.58. The fourth-order valence-electron chi connectivity index (χ4n) is 1.48. The van der Waals surface area contributed by atoms with Crippen molar-refractivity contribution in [2.75, 3.05) is 0 Å². The van der Waals surface area contributed by atoms with Crippen LogP contribution in [0.1, 0.15) is 18.2 Å². The Morgan fingerprint density at radius 1 is 1.33 bits per heavy atom. The van der Waals surface area contributed by atoms with E-state index in [0.29, 0.717) is 0 Å². The van der Waals surface area contributed by atoms with Gasteiger partial charge in [0.2, 0.25) is 5.79 Å². The molecule has 0 amide bonds. The zero-order valence-corrected chi connectivity index (χ0v) is 9.21. The van der Waals surface area contributed by atoms with Crippen LogP contribution < -0.4 is 16.8 Å². The molecule has 1 aromatic heterocycles. The van der Waals surface area contributed by atoms with Crippen molar-refractivity contribution in [1.29, 1.82) is 0 Å². The Kier molecular flexibility index (Phi) is 2.54. The predicted molar refractivity (Wildman–Crippen MR) is 57.5 cm³/mol. The second-order valence-corrected chi connectivity index (χ2v) is 3.83. The lowest BCUT2D eigenvalue weighted by Gasteiger charge is -2.23. The third-order valence-corrected chi connectivity index (χ3v) is 2.11. The molecule has 0 aliphatic carbocycles. The Labute approximate surface area is 99.2 Å². The molecule has 0 radical (unpaired) electrons. The van der Waals surface area contributed by atoms with E-state index in [9.17, 15) is 13.2 Å². The van der Waals surface area contributed by atoms with Gasteiger partial charge in [0.15, 0.2) is 11.7 Å². The molecule has 2 rings (SSSR count). The standard InChI is InChI=1S/C8H10F3N7/c1-7(13)16-5(15-6(12)17-7)3-2-14-18-4(3)8(9,10)11/h2H,13H2,1H3,(H,14,18)(H3,12,15,16,17). The number of H-pyrrole nitrogens is 1. The predicted octanol–water partition coefficient (Wildman–Crippen LogP) is -0.275. The van der Waals surface area contributed by atoms with Gasteiger partial charge in [-0.05, 0) is 6.92 Å². The van der Waals surface area contributed by atoms with E-state index in [1.807, 2.05) is 5.10 Å². The van der Waals surface area contributed by atoms with Crippen LogP contribution in [0.4, 0.5) is 13.2 Å². The van der Waals surface area contributed by atoms with Crippen LogP contribution in [-0.2, 0) is 6.18 Å². The molecule has 1 aliphatic heterocycles. The van der Waals surface area contributed by atoms with Crippen molar-refractivity contribution in [3.8, 4) is 0 Å². The molecule has 1 unspecified atom stereocenters. The highest BCUT2D eigenvalue weighted by Gasteiger charge is 2.38. The van der Waals surface area contributed by atoms with E-state index in [0.717, 1.165) is 6.20 Å². The average molecular weight is 261 g/mol. The summed E-state index contributed by atoms with van der Waals surface area (Å²) < 4.78 is 38.0. The molecule has 1 aliphatic rings. The number of halogens is 3. The number of aromatic nitrogens is 2. The molecule has 6 N–H and O–H groups in total. The Bertz CT molecular complexity index is 525. The lowest BCUT2D eigenvalue weighted by Crippen LogP contribution is -2.49. The second-order valence-electron chi connectivity index (χ2n) is 3.83. The Morgan fingerprint density at radius 2 is 2.00 bits per heavy atom. The van der Waals surface area contributed by atoms with E-state index in [4.69, 9.17) is 11.5 Å². The molecular weight excluding hydrogens is 251 g/mol. The maximum Gasteiger partial charge on any atom is 0.433 e. The van der Waals surface area contributed by atoms with Crippen LogP contribution >= 0.6 is 0 Å². The summed E-state index contributed by atoms with van der Waals surface area (Å²) in [6, 6.07) is 0. The van der Waals surface area contributed by atoms with Crippen molar-refractivity contribution < 1.29 is 13.2 Å². The summed E-state index contributed by atoms with van der Waals surface area (Å²) in [6.07, 6.45) is -3.59. The van der Waals surface area contributed by atoms with Crippen molar-refractivity contribution in [3.05, 3.63) is 17.5 Å². The summed E-state index contributed by atoms with van der Waals surface area (Å²) in [7, 11) is 0. The molecule has 7 nitrogen and oxygen atoms in total. The maximum atomic E-state index is 12.7. The summed E-state index contributed by atoms with van der Waals surface area (Å²) in [5.74, 6) is -1.65. The highest BCUT2D eigenvalue weighted by Crippen LogP contribution is 2.30. The first-order valence-corrected chi connectivity index (χ1v) is 4.81. The van der Waals surface area contributed by atoms with E-state index in [-0.39, 0.29) is 17.4 Å². The molecule has 0 bridgehead atoms. The number of rotatable bonds is 1. The van der Waals surface area contributed by atoms with Gasteiger partial charge in [-0.15, -0.1) is 0 Å². The Morgan fingerprint density at radius 3 is 2.56 bits per heavy atom. The van der Waals surface area contributed by atoms with Gasteiger partial charge in [0.05, 0.1) is 11.8 Å². The van der Waals surface area contributed by atoms with Crippen molar-refractivity contribution in [1.82, 2.24) is 15.5 Å². The topological polar surface area (TPSA) is 117 Å². The summed E-state index contributed by atoms with van der Waals surface area (Å²) in [4.78, 5) is 7.57. The number of hydrogen-bond acceptors (Lipinski definition) is 6. The van der Waals surface area contributed by atoms with E-state index >= 15 is 0 Å². The summed E-state index contributed by atoms with van der Waals surface area (Å²) in [6.45, 7) is 1.41. The van der Waals surface area contributed by atoms with Crippen LogP contribution in [0.3, 0.4) is 0 Å². The molecule has 0 spiro atoms. The molecule has 0 saturated carbocycles. The summed E-state index contributed by atoms with van der Waals surface area (Å²) >= 11 is 0. The fraction of sp³-hybridized carbons (Fsp3) is 0.375. The van der Waals surface area contributed by atoms with Crippen LogP contribution in [0.15, 0.2) is 16.2 Å². The minimum absolute atomic E-state index is 0.112. The molecular formula is C8H10F3N7. The molecule has 1 atom stereocenters. The maximum absolute atomic E-state index is 12.7. The van der Waals surface area contributed by atoms with Crippen molar-refractivity contribution in [3.63, 3.8) is 0 Å². The van der Waals surface area contributed by atoms with Crippen LogP contribution in [0.2, 0.25) is 0 Å². The quantitative estimate of drug-likeness (QED) is 0.556. The number of hydrogen-bond donors (Lipinski definition) is 4. The summed E-state index contributed by atoms with van der Waals surface area (Å²) in [5.41, 5.74) is 9.75. The zero-order chi connectivity index (χ0) is 13.6. The van der Waals surface area contributed by atoms with Gasteiger partial charge < -0.3 is 11.1 Å². The average Bonchev–Trinajstić information content (AvgIpc) is 2.60. The molecule has 18 heavy (non-hydrogen) atoms. The smallest absolute Gasteiger partial charge is 0.370 e. The van der Waals surface area contributed by atoms with Crippen molar-refractivity contribution in [2.24, 2.45) is 21.5 Å². The van der Waals surface area contributed by atoms with Gasteiger partial charge in [-0.3, -0.25) is 10.8 Å². The molecule has 2 heterocycles. The summed E-state index contributed by atoms with van der Waals surface area (Å²) in [5, 5.41) is 7.64. The second kappa shape index (κ2) is 3.70. The van der Waals surface area contributed by atoms with Gasteiger partial charge in [0, 0.05) is 0 Å². The van der Waals surface area contributed by atoms with E-state index in [1.165, 1.54) is 6.92 Å². The number of amidine groups is 1. The van der Waals surface area contributed by atoms with E-state index < -0.39 is 17.7 Å². The number of alkyl halides is 3. The van der Waals surface area contributed by atoms with Crippen LogP contribution in [0.5, 0.6) is 0 Å². The van der Waals surface area contributed by atoms with Crippen molar-refractivity contribution >= 4 is 11.8 Å². The SMILES string of the molecule is CC1(N)N=C(N)NC(c2cn[nH]c2C(F)(F)F)=N1. The van der Waals surface area contributed by atoms with Gasteiger partial charge in [0.25, 0.3) is 0 Å². The monoisotopic (exact) mass is 261 g/mol. The van der Waals surface area contributed by atoms with Gasteiger partial charge in [0.1, 0.15) is 5.84 Å². The minimum Gasteiger partial charge on any atom is -0.370 e. The van der Waals surface area contributed by atoms with Gasteiger partial charge in [-0.2, -0.15) is 18.3 Å². The number of nitrogens with zero attached hydrogens (tertiary/aromatic N) is 3. The van der Waals surface area contributed by atoms with Gasteiger partial charge in [-0.1, -0.05) is 0 Å². The van der Waals surface area contributed by atoms with Crippen LogP contribution in [0, 0.1) is 0 Å². The fourth-order valence-corrected chi connectivity index (χ4v) is 1.48. The first kappa shape index (κ1) is 12.4. The largest absolute Gasteiger partial charge is 0.433 e. The Balaban J connectivity index is 2.46. The Hall–Kier alpha value is -2.10. The number of aliphatic imine (C=N–C) groups is 2. The lowest BCUT2D eigenvalue weighted by molar-refractivity contribution is -0.141. The first-order chi connectivity index (χ1) is 8.19. The van der Waals surface area contributed by atoms with Crippen LogP contribution in [-0.4, -0.2) is 27.8 Å². The number of aromatic amines is 1. The third kappa shape index (κ3) is 2.27. The third-order valence-electron chi connectivity index (χ3n) is 2.11.